The van der Waals surface area contributed by atoms with Gasteiger partial charge in [0.15, 0.2) is 16.8 Å². The van der Waals surface area contributed by atoms with Gasteiger partial charge in [-0.2, -0.15) is 4.40 Å². The van der Waals surface area contributed by atoms with Gasteiger partial charge in [0.2, 0.25) is 0 Å². The lowest BCUT2D eigenvalue weighted by Crippen LogP contribution is -2.06. The van der Waals surface area contributed by atoms with E-state index in [0.717, 1.165) is 5.57 Å². The molecule has 0 amide bonds. The van der Waals surface area contributed by atoms with Crippen molar-refractivity contribution in [1.82, 2.24) is 0 Å². The topological polar surface area (TPSA) is 55.7 Å². The smallest absolute Gasteiger partial charge is 0.179 e. The molecular weight excluding hydrogens is 262 g/mol. The molecule has 1 aromatic carbocycles. The Morgan fingerprint density at radius 3 is 2.42 bits per heavy atom. The Hall–Kier alpha value is -2.01. The summed E-state index contributed by atoms with van der Waals surface area (Å²) in [5.41, 5.74) is 1.28. The van der Waals surface area contributed by atoms with Crippen molar-refractivity contribution in [3.8, 4) is 5.75 Å². The molecule has 98 valence electrons. The molecule has 1 aliphatic rings. The second-order valence-electron chi connectivity index (χ2n) is 3.96. The number of carbonyl (C=O) groups excluding carboxylic acids is 1. The SMILES string of the molecule is COc1ccc(S(=O)N=C2C=CC(=O)C=C2C)cc1. The van der Waals surface area contributed by atoms with E-state index in [-0.39, 0.29) is 5.78 Å². The highest BCUT2D eigenvalue weighted by Crippen LogP contribution is 2.16. The minimum Gasteiger partial charge on any atom is -0.497 e. The van der Waals surface area contributed by atoms with Gasteiger partial charge in [-0.15, -0.1) is 0 Å². The average Bonchev–Trinajstić information content (AvgIpc) is 2.42. The Morgan fingerprint density at radius 2 is 1.84 bits per heavy atom. The minimum absolute atomic E-state index is 0.0771. The Balaban J connectivity index is 2.23. The molecule has 0 bridgehead atoms. The van der Waals surface area contributed by atoms with E-state index in [1.54, 1.807) is 44.4 Å². The highest BCUT2D eigenvalue weighted by Gasteiger charge is 2.10. The van der Waals surface area contributed by atoms with E-state index in [1.165, 1.54) is 12.2 Å². The fourth-order valence-electron chi connectivity index (χ4n) is 1.56. The number of ketones is 1. The average molecular weight is 275 g/mol. The van der Waals surface area contributed by atoms with Crippen LogP contribution in [0, 0.1) is 0 Å². The van der Waals surface area contributed by atoms with Gasteiger partial charge in [0.1, 0.15) is 5.75 Å². The van der Waals surface area contributed by atoms with Crippen LogP contribution in [0.1, 0.15) is 6.92 Å². The number of allylic oxidation sites excluding steroid dienone is 4. The van der Waals surface area contributed by atoms with Gasteiger partial charge >= 0.3 is 0 Å². The summed E-state index contributed by atoms with van der Waals surface area (Å²) in [5.74, 6) is 0.624. The summed E-state index contributed by atoms with van der Waals surface area (Å²) in [6.45, 7) is 1.77. The predicted octanol–water partition coefficient (Wildman–Crippen LogP) is 2.24. The Kier molecular flexibility index (Phi) is 4.06. The summed E-state index contributed by atoms with van der Waals surface area (Å²) in [4.78, 5) is 11.7. The minimum atomic E-state index is -1.49. The van der Waals surface area contributed by atoms with Gasteiger partial charge in [-0.05, 0) is 55.0 Å². The van der Waals surface area contributed by atoms with E-state index in [4.69, 9.17) is 4.74 Å². The van der Waals surface area contributed by atoms with Gasteiger partial charge < -0.3 is 4.74 Å². The molecule has 0 saturated carbocycles. The first-order chi connectivity index (χ1) is 9.10. The molecule has 0 N–H and O–H groups in total. The first-order valence-electron chi connectivity index (χ1n) is 5.65. The molecule has 0 aliphatic heterocycles. The number of hydrogen-bond donors (Lipinski definition) is 0. The fourth-order valence-corrected chi connectivity index (χ4v) is 2.42. The molecule has 4 nitrogen and oxygen atoms in total. The van der Waals surface area contributed by atoms with Crippen molar-refractivity contribution in [2.24, 2.45) is 4.40 Å². The van der Waals surface area contributed by atoms with Crippen LogP contribution in [0.3, 0.4) is 0 Å². The van der Waals surface area contributed by atoms with E-state index >= 15 is 0 Å². The largest absolute Gasteiger partial charge is 0.497 e. The van der Waals surface area contributed by atoms with Crippen LogP contribution in [0.4, 0.5) is 0 Å². The van der Waals surface area contributed by atoms with Gasteiger partial charge in [-0.25, -0.2) is 4.21 Å². The van der Waals surface area contributed by atoms with Crippen LogP contribution in [0.25, 0.3) is 0 Å². The van der Waals surface area contributed by atoms with Crippen molar-refractivity contribution in [3.05, 3.63) is 48.1 Å². The Morgan fingerprint density at radius 1 is 1.16 bits per heavy atom. The van der Waals surface area contributed by atoms with Crippen LogP contribution in [0.5, 0.6) is 5.75 Å². The van der Waals surface area contributed by atoms with Crippen LogP contribution in [0.15, 0.2) is 57.4 Å². The summed E-state index contributed by atoms with van der Waals surface area (Å²) in [6, 6.07) is 6.87. The zero-order valence-electron chi connectivity index (χ0n) is 10.6. The second kappa shape index (κ2) is 5.75. The zero-order chi connectivity index (χ0) is 13.8. The number of benzene rings is 1. The molecule has 1 aromatic rings. The molecule has 0 heterocycles. The Labute approximate surface area is 114 Å². The van der Waals surface area contributed by atoms with Gasteiger partial charge in [0, 0.05) is 0 Å². The fraction of sp³-hybridized carbons (Fsp3) is 0.143. The molecule has 0 fully saturated rings. The van der Waals surface area contributed by atoms with E-state index in [2.05, 4.69) is 4.40 Å². The van der Waals surface area contributed by atoms with Crippen LogP contribution in [-0.2, 0) is 15.8 Å². The third-order valence-corrected chi connectivity index (χ3v) is 3.65. The van der Waals surface area contributed by atoms with E-state index in [9.17, 15) is 9.00 Å². The van der Waals surface area contributed by atoms with Crippen molar-refractivity contribution in [3.63, 3.8) is 0 Å². The summed E-state index contributed by atoms with van der Waals surface area (Å²) in [6.07, 6.45) is 4.47. The molecule has 0 aromatic heterocycles. The van der Waals surface area contributed by atoms with E-state index < -0.39 is 11.0 Å². The zero-order valence-corrected chi connectivity index (χ0v) is 11.4. The van der Waals surface area contributed by atoms with Crippen molar-refractivity contribution in [1.29, 1.82) is 0 Å². The third-order valence-electron chi connectivity index (χ3n) is 2.61. The number of carbonyl (C=O) groups is 1. The van der Waals surface area contributed by atoms with Gasteiger partial charge in [-0.3, -0.25) is 4.79 Å². The highest BCUT2D eigenvalue weighted by molar-refractivity contribution is 7.84. The molecule has 19 heavy (non-hydrogen) atoms. The van der Waals surface area contributed by atoms with Crippen LogP contribution < -0.4 is 4.74 Å². The molecule has 1 unspecified atom stereocenters. The second-order valence-corrected chi connectivity index (χ2v) is 5.12. The number of ether oxygens (including phenoxy) is 1. The maximum absolute atomic E-state index is 12.1. The van der Waals surface area contributed by atoms with Crippen molar-refractivity contribution in [2.75, 3.05) is 7.11 Å². The quantitative estimate of drug-likeness (QED) is 0.795. The van der Waals surface area contributed by atoms with Gasteiger partial charge in [0.05, 0.1) is 17.7 Å². The summed E-state index contributed by atoms with van der Waals surface area (Å²) in [7, 11) is 0.0795. The summed E-state index contributed by atoms with van der Waals surface area (Å²) in [5, 5.41) is 0. The standard InChI is InChI=1S/C14H13NO3S/c1-10-9-11(16)3-8-14(10)15-19(17)13-6-4-12(18-2)5-7-13/h3-9H,1-2H3. The van der Waals surface area contributed by atoms with Crippen LogP contribution >= 0.6 is 0 Å². The Bertz CT molecular complexity index is 612. The predicted molar refractivity (Wildman–Crippen MR) is 74.7 cm³/mol. The maximum Gasteiger partial charge on any atom is 0.179 e. The molecule has 1 aliphatic carbocycles. The maximum atomic E-state index is 12.1. The molecule has 5 heteroatoms. The monoisotopic (exact) mass is 275 g/mol. The van der Waals surface area contributed by atoms with Gasteiger partial charge in [0.25, 0.3) is 0 Å². The molecular formula is C14H13NO3S. The van der Waals surface area contributed by atoms with Crippen molar-refractivity contribution in [2.45, 2.75) is 11.8 Å². The van der Waals surface area contributed by atoms with Crippen molar-refractivity contribution < 1.29 is 13.7 Å². The van der Waals surface area contributed by atoms with Crippen LogP contribution in [0.2, 0.25) is 0 Å². The molecule has 0 radical (unpaired) electrons. The summed E-state index contributed by atoms with van der Waals surface area (Å²) < 4.78 is 21.2. The van der Waals surface area contributed by atoms with E-state index in [0.29, 0.717) is 16.4 Å². The molecule has 1 atom stereocenters. The molecule has 0 saturated heterocycles. The lowest BCUT2D eigenvalue weighted by Gasteiger charge is -2.05. The lowest BCUT2D eigenvalue weighted by atomic mass is 10.1. The molecule has 2 rings (SSSR count). The normalized spacial score (nSPS) is 18.3. The van der Waals surface area contributed by atoms with Gasteiger partial charge in [-0.1, -0.05) is 0 Å². The van der Waals surface area contributed by atoms with Crippen LogP contribution in [-0.4, -0.2) is 22.8 Å². The number of hydrogen-bond acceptors (Lipinski definition) is 3. The lowest BCUT2D eigenvalue weighted by molar-refractivity contribution is -0.110. The number of nitrogens with zero attached hydrogens (tertiary/aromatic N) is 1. The van der Waals surface area contributed by atoms with Crippen molar-refractivity contribution >= 4 is 22.5 Å². The van der Waals surface area contributed by atoms with E-state index in [1.807, 2.05) is 0 Å². The summed E-state index contributed by atoms with van der Waals surface area (Å²) >= 11 is 0. The first kappa shape index (κ1) is 13.4. The number of methoxy groups -OCH3 is 1. The number of rotatable bonds is 3. The molecule has 0 spiro atoms. The third kappa shape index (κ3) is 3.26. The first-order valence-corrected chi connectivity index (χ1v) is 6.76. The highest BCUT2D eigenvalue weighted by atomic mass is 32.2.